The molecule has 2 aromatic rings. The van der Waals surface area contributed by atoms with Crippen LogP contribution in [0.5, 0.6) is 0 Å². The van der Waals surface area contributed by atoms with Gasteiger partial charge in [-0.1, -0.05) is 58.0 Å². The minimum absolute atomic E-state index is 0. The smallest absolute Gasteiger partial charge is 0.255 e. The molecule has 4 heteroatoms. The van der Waals surface area contributed by atoms with Crippen molar-refractivity contribution in [2.75, 3.05) is 11.9 Å². The molecule has 0 spiro atoms. The van der Waals surface area contributed by atoms with Crippen LogP contribution in [0.1, 0.15) is 49.2 Å². The van der Waals surface area contributed by atoms with Crippen LogP contribution in [-0.2, 0) is 12.0 Å². The van der Waals surface area contributed by atoms with Crippen molar-refractivity contribution >= 4 is 24.0 Å². The van der Waals surface area contributed by atoms with Gasteiger partial charge in [-0.05, 0) is 41.3 Å². The van der Waals surface area contributed by atoms with E-state index in [1.165, 1.54) is 5.56 Å². The van der Waals surface area contributed by atoms with Gasteiger partial charge in [0.25, 0.3) is 5.91 Å². The summed E-state index contributed by atoms with van der Waals surface area (Å²) in [6, 6.07) is 15.7. The number of carbonyl (C=O) groups is 1. The summed E-state index contributed by atoms with van der Waals surface area (Å²) in [5.41, 5.74) is 3.94. The maximum absolute atomic E-state index is 12.5. The van der Waals surface area contributed by atoms with Crippen LogP contribution >= 0.6 is 12.4 Å². The Balaban J connectivity index is 0.00000288. The summed E-state index contributed by atoms with van der Waals surface area (Å²) in [6.45, 7) is 10.2. The second kappa shape index (κ2) is 8.86. The molecule has 2 aromatic carbocycles. The lowest BCUT2D eigenvalue weighted by Crippen LogP contribution is -2.17. The van der Waals surface area contributed by atoms with E-state index >= 15 is 0 Å². The van der Waals surface area contributed by atoms with Gasteiger partial charge in [0.2, 0.25) is 0 Å². The van der Waals surface area contributed by atoms with Crippen LogP contribution in [-0.4, -0.2) is 12.5 Å². The fourth-order valence-electron chi connectivity index (χ4n) is 2.37. The molecular formula is C20H27ClN2O. The first-order valence-corrected chi connectivity index (χ1v) is 8.12. The van der Waals surface area contributed by atoms with Crippen LogP contribution in [0.2, 0.25) is 0 Å². The van der Waals surface area contributed by atoms with Gasteiger partial charge < -0.3 is 10.6 Å². The Kier molecular flexibility index (Phi) is 7.46. The van der Waals surface area contributed by atoms with Gasteiger partial charge >= 0.3 is 0 Å². The summed E-state index contributed by atoms with van der Waals surface area (Å²) in [5, 5.41) is 6.31. The summed E-state index contributed by atoms with van der Waals surface area (Å²) in [5.74, 6) is -0.0746. The monoisotopic (exact) mass is 346 g/mol. The van der Waals surface area contributed by atoms with Gasteiger partial charge in [0, 0.05) is 17.8 Å². The quantitative estimate of drug-likeness (QED) is 0.818. The van der Waals surface area contributed by atoms with Crippen LogP contribution in [0, 0.1) is 0 Å². The van der Waals surface area contributed by atoms with Crippen LogP contribution < -0.4 is 10.6 Å². The number of benzene rings is 2. The SMILES string of the molecule is CCNCc1ccccc1NC(=O)c1ccc(C(C)(C)C)cc1.Cl. The van der Waals surface area contributed by atoms with E-state index in [9.17, 15) is 4.79 Å². The fraction of sp³-hybridized carbons (Fsp3) is 0.350. The largest absolute Gasteiger partial charge is 0.322 e. The Morgan fingerprint density at radius 1 is 1.00 bits per heavy atom. The van der Waals surface area contributed by atoms with Gasteiger partial charge in [0.1, 0.15) is 0 Å². The van der Waals surface area contributed by atoms with Crippen molar-refractivity contribution in [2.45, 2.75) is 39.7 Å². The third kappa shape index (κ3) is 5.36. The highest BCUT2D eigenvalue weighted by molar-refractivity contribution is 6.04. The molecule has 0 unspecified atom stereocenters. The van der Waals surface area contributed by atoms with E-state index in [-0.39, 0.29) is 23.7 Å². The van der Waals surface area contributed by atoms with Crippen LogP contribution in [0.15, 0.2) is 48.5 Å². The van der Waals surface area contributed by atoms with Gasteiger partial charge in [0.15, 0.2) is 0 Å². The second-order valence-corrected chi connectivity index (χ2v) is 6.72. The molecule has 0 aromatic heterocycles. The molecule has 0 saturated heterocycles. The van der Waals surface area contributed by atoms with E-state index in [1.54, 1.807) is 0 Å². The first-order valence-electron chi connectivity index (χ1n) is 8.12. The lowest BCUT2D eigenvalue weighted by Gasteiger charge is -2.19. The third-order valence-electron chi connectivity index (χ3n) is 3.84. The molecule has 24 heavy (non-hydrogen) atoms. The average Bonchev–Trinajstić information content (AvgIpc) is 2.53. The lowest BCUT2D eigenvalue weighted by molar-refractivity contribution is 0.102. The summed E-state index contributed by atoms with van der Waals surface area (Å²) >= 11 is 0. The van der Waals surface area contributed by atoms with E-state index < -0.39 is 0 Å². The Morgan fingerprint density at radius 3 is 2.21 bits per heavy atom. The van der Waals surface area contributed by atoms with Gasteiger partial charge in [-0.3, -0.25) is 4.79 Å². The first-order chi connectivity index (χ1) is 10.9. The zero-order chi connectivity index (χ0) is 16.9. The Bertz CT molecular complexity index is 660. The highest BCUT2D eigenvalue weighted by Crippen LogP contribution is 2.23. The van der Waals surface area contributed by atoms with E-state index in [2.05, 4.69) is 38.3 Å². The molecule has 2 N–H and O–H groups in total. The number of rotatable bonds is 5. The first kappa shape index (κ1) is 20.2. The number of amides is 1. The van der Waals surface area contributed by atoms with Crippen molar-refractivity contribution in [3.63, 3.8) is 0 Å². The summed E-state index contributed by atoms with van der Waals surface area (Å²) in [6.07, 6.45) is 0. The number of hydrogen-bond donors (Lipinski definition) is 2. The zero-order valence-electron chi connectivity index (χ0n) is 14.8. The molecule has 0 atom stereocenters. The van der Waals surface area contributed by atoms with Crippen LogP contribution in [0.4, 0.5) is 5.69 Å². The van der Waals surface area contributed by atoms with Gasteiger partial charge in [-0.15, -0.1) is 12.4 Å². The summed E-state index contributed by atoms with van der Waals surface area (Å²) in [4.78, 5) is 12.5. The summed E-state index contributed by atoms with van der Waals surface area (Å²) < 4.78 is 0. The van der Waals surface area contributed by atoms with Crippen LogP contribution in [0.25, 0.3) is 0 Å². The Labute approximate surface area is 151 Å². The topological polar surface area (TPSA) is 41.1 Å². The van der Waals surface area contributed by atoms with Gasteiger partial charge in [0.05, 0.1) is 0 Å². The molecule has 0 heterocycles. The van der Waals surface area contributed by atoms with Crippen molar-refractivity contribution in [1.82, 2.24) is 5.32 Å². The molecule has 1 amide bonds. The van der Waals surface area contributed by atoms with Crippen molar-refractivity contribution in [3.05, 3.63) is 65.2 Å². The number of hydrogen-bond acceptors (Lipinski definition) is 2. The lowest BCUT2D eigenvalue weighted by atomic mass is 9.87. The highest BCUT2D eigenvalue weighted by Gasteiger charge is 2.14. The second-order valence-electron chi connectivity index (χ2n) is 6.72. The normalized spacial score (nSPS) is 10.8. The third-order valence-corrected chi connectivity index (χ3v) is 3.84. The van der Waals surface area contributed by atoms with E-state index in [0.29, 0.717) is 5.56 Å². The molecule has 0 saturated carbocycles. The molecule has 130 valence electrons. The highest BCUT2D eigenvalue weighted by atomic mass is 35.5. The zero-order valence-corrected chi connectivity index (χ0v) is 15.7. The molecule has 0 bridgehead atoms. The van der Waals surface area contributed by atoms with Crippen molar-refractivity contribution < 1.29 is 4.79 Å². The minimum Gasteiger partial charge on any atom is -0.322 e. The number of halogens is 1. The van der Waals surface area contributed by atoms with Gasteiger partial charge in [-0.2, -0.15) is 0 Å². The van der Waals surface area contributed by atoms with Crippen LogP contribution in [0.3, 0.4) is 0 Å². The van der Waals surface area contributed by atoms with E-state index in [4.69, 9.17) is 0 Å². The summed E-state index contributed by atoms with van der Waals surface area (Å²) in [7, 11) is 0. The molecule has 0 radical (unpaired) electrons. The van der Waals surface area contributed by atoms with Crippen molar-refractivity contribution in [2.24, 2.45) is 0 Å². The molecule has 0 aliphatic carbocycles. The maximum atomic E-state index is 12.5. The maximum Gasteiger partial charge on any atom is 0.255 e. The Morgan fingerprint density at radius 2 is 1.62 bits per heavy atom. The molecule has 3 nitrogen and oxygen atoms in total. The average molecular weight is 347 g/mol. The standard InChI is InChI=1S/C20H26N2O.ClH/c1-5-21-14-16-8-6-7-9-18(16)22-19(23)15-10-12-17(13-11-15)20(2,3)4;/h6-13,21H,5,14H2,1-4H3,(H,22,23);1H. The van der Waals surface area contributed by atoms with Gasteiger partial charge in [-0.25, -0.2) is 0 Å². The number of anilines is 1. The molecule has 0 fully saturated rings. The Hall–Kier alpha value is -1.84. The van der Waals surface area contributed by atoms with E-state index in [1.807, 2.05) is 48.5 Å². The molecule has 2 rings (SSSR count). The fourth-order valence-corrected chi connectivity index (χ4v) is 2.37. The van der Waals surface area contributed by atoms with Crippen molar-refractivity contribution in [1.29, 1.82) is 0 Å². The van der Waals surface area contributed by atoms with Crippen molar-refractivity contribution in [3.8, 4) is 0 Å². The number of nitrogens with one attached hydrogen (secondary N) is 2. The molecule has 0 aliphatic rings. The van der Waals surface area contributed by atoms with E-state index in [0.717, 1.165) is 24.3 Å². The molecular weight excluding hydrogens is 320 g/mol. The number of para-hydroxylation sites is 1. The predicted octanol–water partition coefficient (Wildman–Crippen LogP) is 4.77. The molecule has 0 aliphatic heterocycles. The number of carbonyl (C=O) groups excluding carboxylic acids is 1. The minimum atomic E-state index is -0.0746. The predicted molar refractivity (Wildman–Crippen MR) is 104 cm³/mol.